The van der Waals surface area contributed by atoms with Gasteiger partial charge in [0.1, 0.15) is 0 Å². The minimum absolute atomic E-state index is 0. The van der Waals surface area contributed by atoms with E-state index in [2.05, 4.69) is 15.6 Å². The number of rotatable bonds is 8. The minimum atomic E-state index is -0.0673. The summed E-state index contributed by atoms with van der Waals surface area (Å²) in [5.74, 6) is -0.0673. The Morgan fingerprint density at radius 2 is 2.04 bits per heavy atom. The van der Waals surface area contributed by atoms with Crippen molar-refractivity contribution in [1.29, 1.82) is 0 Å². The van der Waals surface area contributed by atoms with E-state index in [-0.39, 0.29) is 30.7 Å². The molecule has 2 rings (SSSR count). The molecule has 24 heavy (non-hydrogen) atoms. The Hall–Kier alpha value is -1.18. The maximum atomic E-state index is 12.1. The van der Waals surface area contributed by atoms with E-state index in [1.807, 2.05) is 36.6 Å². The topological polar surface area (TPSA) is 63.2 Å². The molecule has 1 aromatic carbocycles. The molecule has 1 heterocycles. The van der Waals surface area contributed by atoms with Crippen molar-refractivity contribution in [1.82, 2.24) is 15.6 Å². The number of amides is 1. The van der Waals surface area contributed by atoms with Crippen LogP contribution >= 0.6 is 36.2 Å². The lowest BCUT2D eigenvalue weighted by Gasteiger charge is -2.07. The number of hydrogen-bond acceptors (Lipinski definition) is 5. The summed E-state index contributed by atoms with van der Waals surface area (Å²) >= 11 is 1.61. The Labute approximate surface area is 159 Å². The fraction of sp³-hybridized carbons (Fsp3) is 0.375. The molecule has 5 nitrogen and oxygen atoms in total. The molecular formula is C16H23Cl2N3O2S. The van der Waals surface area contributed by atoms with E-state index in [9.17, 15) is 4.79 Å². The summed E-state index contributed by atoms with van der Waals surface area (Å²) < 4.78 is 4.94. The fourth-order valence-corrected chi connectivity index (χ4v) is 2.60. The van der Waals surface area contributed by atoms with Crippen LogP contribution in [-0.2, 0) is 4.74 Å². The van der Waals surface area contributed by atoms with Crippen LogP contribution < -0.4 is 10.6 Å². The number of carbonyl (C=O) groups is 1. The van der Waals surface area contributed by atoms with E-state index < -0.39 is 0 Å². The summed E-state index contributed by atoms with van der Waals surface area (Å²) in [5.41, 5.74) is 2.54. The van der Waals surface area contributed by atoms with Gasteiger partial charge in [-0.1, -0.05) is 12.1 Å². The molecule has 0 aliphatic rings. The normalized spacial score (nSPS) is 9.75. The zero-order valence-electron chi connectivity index (χ0n) is 13.7. The molecule has 0 spiro atoms. The largest absolute Gasteiger partial charge is 0.383 e. The number of aryl methyl sites for hydroxylation is 1. The van der Waals surface area contributed by atoms with E-state index >= 15 is 0 Å². The van der Waals surface area contributed by atoms with Gasteiger partial charge >= 0.3 is 0 Å². The number of halogens is 2. The van der Waals surface area contributed by atoms with Crippen molar-refractivity contribution < 1.29 is 9.53 Å². The van der Waals surface area contributed by atoms with E-state index in [1.165, 1.54) is 0 Å². The van der Waals surface area contributed by atoms with Gasteiger partial charge in [-0.25, -0.2) is 4.98 Å². The first-order valence-corrected chi connectivity index (χ1v) is 8.09. The first kappa shape index (κ1) is 22.8. The third-order valence-corrected chi connectivity index (χ3v) is 3.88. The molecule has 0 fully saturated rings. The quantitative estimate of drug-likeness (QED) is 0.679. The first-order chi connectivity index (χ1) is 10.7. The number of methoxy groups -OCH3 is 1. The van der Waals surface area contributed by atoms with Gasteiger partial charge in [0, 0.05) is 43.3 Å². The van der Waals surface area contributed by atoms with E-state index in [1.54, 1.807) is 18.4 Å². The average molecular weight is 392 g/mol. The first-order valence-electron chi connectivity index (χ1n) is 7.21. The molecular weight excluding hydrogens is 369 g/mol. The van der Waals surface area contributed by atoms with Gasteiger partial charge in [-0.15, -0.1) is 36.2 Å². The SMILES string of the molecule is COCCNCCNC(=O)c1cccc(-c2csc(C)n2)c1.Cl.Cl. The Morgan fingerprint density at radius 3 is 2.71 bits per heavy atom. The van der Waals surface area contributed by atoms with Crippen molar-refractivity contribution in [3.8, 4) is 11.3 Å². The molecule has 0 unspecified atom stereocenters. The van der Waals surface area contributed by atoms with Crippen LogP contribution in [0.5, 0.6) is 0 Å². The molecule has 2 aromatic rings. The van der Waals surface area contributed by atoms with Gasteiger partial charge in [0.15, 0.2) is 0 Å². The number of hydrogen-bond donors (Lipinski definition) is 2. The van der Waals surface area contributed by atoms with Crippen molar-refractivity contribution in [2.75, 3.05) is 33.4 Å². The van der Waals surface area contributed by atoms with Gasteiger partial charge < -0.3 is 15.4 Å². The van der Waals surface area contributed by atoms with Crippen LogP contribution in [0.2, 0.25) is 0 Å². The highest BCUT2D eigenvalue weighted by atomic mass is 35.5. The van der Waals surface area contributed by atoms with Crippen LogP contribution in [0, 0.1) is 6.92 Å². The Bertz CT molecular complexity index is 623. The molecule has 2 N–H and O–H groups in total. The van der Waals surface area contributed by atoms with Crippen molar-refractivity contribution in [2.45, 2.75) is 6.92 Å². The molecule has 0 atom stereocenters. The standard InChI is InChI=1S/C16H21N3O2S.2ClH/c1-12-19-15(11-22-12)13-4-3-5-14(10-13)16(20)18-7-6-17-8-9-21-2;;/h3-5,10-11,17H,6-9H2,1-2H3,(H,18,20);2*1H. The lowest BCUT2D eigenvalue weighted by atomic mass is 10.1. The van der Waals surface area contributed by atoms with Crippen molar-refractivity contribution in [2.24, 2.45) is 0 Å². The van der Waals surface area contributed by atoms with Crippen LogP contribution in [0.15, 0.2) is 29.6 Å². The Kier molecular flexibility index (Phi) is 11.6. The lowest BCUT2D eigenvalue weighted by molar-refractivity contribution is 0.0953. The van der Waals surface area contributed by atoms with E-state index in [4.69, 9.17) is 4.74 Å². The smallest absolute Gasteiger partial charge is 0.251 e. The molecule has 8 heteroatoms. The van der Waals surface area contributed by atoms with E-state index in [0.29, 0.717) is 18.7 Å². The third-order valence-electron chi connectivity index (χ3n) is 3.11. The second-order valence-corrected chi connectivity index (χ2v) is 5.89. The number of carbonyl (C=O) groups excluding carboxylic acids is 1. The Morgan fingerprint density at radius 1 is 1.25 bits per heavy atom. The fourth-order valence-electron chi connectivity index (χ4n) is 1.98. The molecule has 0 saturated carbocycles. The highest BCUT2D eigenvalue weighted by molar-refractivity contribution is 7.09. The monoisotopic (exact) mass is 391 g/mol. The molecule has 0 aliphatic carbocycles. The minimum Gasteiger partial charge on any atom is -0.383 e. The molecule has 0 aliphatic heterocycles. The maximum Gasteiger partial charge on any atom is 0.251 e. The zero-order valence-corrected chi connectivity index (χ0v) is 16.2. The number of nitrogens with one attached hydrogen (secondary N) is 2. The molecule has 134 valence electrons. The second kappa shape index (κ2) is 12.2. The van der Waals surface area contributed by atoms with Crippen molar-refractivity contribution in [3.05, 3.63) is 40.2 Å². The number of aromatic nitrogens is 1. The summed E-state index contributed by atoms with van der Waals surface area (Å²) in [7, 11) is 1.67. The van der Waals surface area contributed by atoms with Gasteiger partial charge in [-0.05, 0) is 19.1 Å². The lowest BCUT2D eigenvalue weighted by Crippen LogP contribution is -2.33. The van der Waals surface area contributed by atoms with Crippen LogP contribution in [0.4, 0.5) is 0 Å². The van der Waals surface area contributed by atoms with Gasteiger partial charge in [0.2, 0.25) is 0 Å². The molecule has 1 aromatic heterocycles. The van der Waals surface area contributed by atoms with Crippen molar-refractivity contribution in [3.63, 3.8) is 0 Å². The molecule has 0 saturated heterocycles. The number of thiazole rings is 1. The summed E-state index contributed by atoms with van der Waals surface area (Å²) in [6.45, 7) is 4.73. The average Bonchev–Trinajstić information content (AvgIpc) is 2.97. The summed E-state index contributed by atoms with van der Waals surface area (Å²) in [4.78, 5) is 16.6. The highest BCUT2D eigenvalue weighted by Crippen LogP contribution is 2.22. The molecule has 1 amide bonds. The summed E-state index contributed by atoms with van der Waals surface area (Å²) in [5, 5.41) is 9.11. The highest BCUT2D eigenvalue weighted by Gasteiger charge is 2.08. The van der Waals surface area contributed by atoms with Gasteiger partial charge in [0.25, 0.3) is 5.91 Å². The predicted octanol–water partition coefficient (Wildman–Crippen LogP) is 2.93. The van der Waals surface area contributed by atoms with Gasteiger partial charge in [0.05, 0.1) is 17.3 Å². The maximum absolute atomic E-state index is 12.1. The summed E-state index contributed by atoms with van der Waals surface area (Å²) in [6, 6.07) is 7.55. The van der Waals surface area contributed by atoms with Gasteiger partial charge in [-0.3, -0.25) is 4.79 Å². The number of ether oxygens (including phenoxy) is 1. The number of benzene rings is 1. The molecule has 0 radical (unpaired) electrons. The van der Waals surface area contributed by atoms with Crippen LogP contribution in [0.3, 0.4) is 0 Å². The van der Waals surface area contributed by atoms with Crippen molar-refractivity contribution >= 4 is 42.1 Å². The van der Waals surface area contributed by atoms with Crippen LogP contribution in [-0.4, -0.2) is 44.2 Å². The van der Waals surface area contributed by atoms with E-state index in [0.717, 1.165) is 29.4 Å². The van der Waals surface area contributed by atoms with Gasteiger partial charge in [-0.2, -0.15) is 0 Å². The molecule has 0 bridgehead atoms. The van der Waals surface area contributed by atoms with Crippen LogP contribution in [0.25, 0.3) is 11.3 Å². The Balaban J connectivity index is 0.00000264. The predicted molar refractivity (Wildman–Crippen MR) is 104 cm³/mol. The van der Waals surface area contributed by atoms with Crippen LogP contribution in [0.1, 0.15) is 15.4 Å². The summed E-state index contributed by atoms with van der Waals surface area (Å²) in [6.07, 6.45) is 0. The zero-order chi connectivity index (χ0) is 15.8. The number of nitrogens with zero attached hydrogens (tertiary/aromatic N) is 1. The second-order valence-electron chi connectivity index (χ2n) is 4.83. The third kappa shape index (κ3) is 7.15.